The van der Waals surface area contributed by atoms with Crippen LogP contribution in [0.3, 0.4) is 0 Å². The van der Waals surface area contributed by atoms with Crippen LogP contribution in [-0.4, -0.2) is 23.1 Å². The Labute approximate surface area is 168 Å². The molecule has 1 aromatic heterocycles. The molecule has 0 radical (unpaired) electrons. The largest absolute Gasteiger partial charge is 0.489 e. The van der Waals surface area contributed by atoms with E-state index in [0.717, 1.165) is 5.56 Å². The number of rotatable bonds is 7. The number of hydrogen-bond donors (Lipinski definition) is 1. The molecule has 0 aliphatic heterocycles. The molecule has 1 heterocycles. The number of esters is 1. The van der Waals surface area contributed by atoms with Gasteiger partial charge in [-0.3, -0.25) is 4.79 Å². The van der Waals surface area contributed by atoms with Crippen LogP contribution in [-0.2, 0) is 16.1 Å². The highest BCUT2D eigenvalue weighted by Gasteiger charge is 2.24. The van der Waals surface area contributed by atoms with E-state index in [9.17, 15) is 9.59 Å². The maximum Gasteiger partial charge on any atom is 0.344 e. The van der Waals surface area contributed by atoms with Crippen LogP contribution in [0.2, 0.25) is 0 Å². The lowest BCUT2D eigenvalue weighted by Crippen LogP contribution is -2.30. The highest BCUT2D eigenvalue weighted by atomic mass is 16.5. The molecule has 0 aliphatic rings. The van der Waals surface area contributed by atoms with Crippen LogP contribution in [0.1, 0.15) is 34.3 Å². The number of nitrogens with zero attached hydrogens (tertiary/aromatic N) is 1. The van der Waals surface area contributed by atoms with Crippen molar-refractivity contribution in [1.29, 1.82) is 0 Å². The van der Waals surface area contributed by atoms with Crippen molar-refractivity contribution in [3.05, 3.63) is 77.2 Å². The van der Waals surface area contributed by atoms with E-state index >= 15 is 0 Å². The molecule has 1 N–H and O–H groups in total. The van der Waals surface area contributed by atoms with Crippen LogP contribution in [0, 0.1) is 13.8 Å². The van der Waals surface area contributed by atoms with Crippen molar-refractivity contribution in [3.63, 3.8) is 0 Å². The van der Waals surface area contributed by atoms with Crippen LogP contribution in [0.25, 0.3) is 0 Å². The smallest absolute Gasteiger partial charge is 0.344 e. The van der Waals surface area contributed by atoms with Crippen molar-refractivity contribution in [1.82, 2.24) is 5.16 Å². The zero-order valence-electron chi connectivity index (χ0n) is 16.5. The fraction of sp³-hybridized carbons (Fsp3) is 0.227. The minimum absolute atomic E-state index is 0.240. The van der Waals surface area contributed by atoms with E-state index in [1.165, 1.54) is 6.92 Å². The number of anilines is 1. The molecule has 29 heavy (non-hydrogen) atoms. The van der Waals surface area contributed by atoms with Gasteiger partial charge < -0.3 is 19.3 Å². The third-order valence-electron chi connectivity index (χ3n) is 4.26. The number of hydrogen-bond acceptors (Lipinski definition) is 6. The van der Waals surface area contributed by atoms with Crippen molar-refractivity contribution in [3.8, 4) is 5.75 Å². The average molecular weight is 394 g/mol. The molecule has 0 bridgehead atoms. The van der Waals surface area contributed by atoms with E-state index in [-0.39, 0.29) is 5.56 Å². The fourth-order valence-corrected chi connectivity index (χ4v) is 2.67. The summed E-state index contributed by atoms with van der Waals surface area (Å²) in [6, 6.07) is 16.8. The Bertz CT molecular complexity index is 961. The molecule has 1 atom stereocenters. The van der Waals surface area contributed by atoms with Crippen LogP contribution in [0.4, 0.5) is 5.69 Å². The summed E-state index contributed by atoms with van der Waals surface area (Å²) in [6.45, 7) is 5.21. The summed E-state index contributed by atoms with van der Waals surface area (Å²) in [6.07, 6.45) is -0.981. The predicted octanol–water partition coefficient (Wildman–Crippen LogP) is 4.05. The molecule has 0 aliphatic carbocycles. The van der Waals surface area contributed by atoms with Gasteiger partial charge in [-0.1, -0.05) is 35.5 Å². The number of nitrogens with one attached hydrogen (secondary N) is 1. The highest BCUT2D eigenvalue weighted by Crippen LogP contribution is 2.18. The van der Waals surface area contributed by atoms with Gasteiger partial charge in [0, 0.05) is 5.69 Å². The molecule has 0 saturated heterocycles. The van der Waals surface area contributed by atoms with Crippen LogP contribution >= 0.6 is 0 Å². The van der Waals surface area contributed by atoms with Gasteiger partial charge >= 0.3 is 5.97 Å². The topological polar surface area (TPSA) is 90.7 Å². The zero-order valence-corrected chi connectivity index (χ0v) is 16.5. The monoisotopic (exact) mass is 394 g/mol. The first kappa shape index (κ1) is 20.1. The summed E-state index contributed by atoms with van der Waals surface area (Å²) in [5, 5.41) is 6.42. The van der Waals surface area contributed by atoms with Gasteiger partial charge in [0.05, 0.1) is 5.69 Å². The second-order valence-corrected chi connectivity index (χ2v) is 6.53. The molecular formula is C22H22N2O5. The molecule has 3 rings (SSSR count). The number of benzene rings is 2. The number of carbonyl (C=O) groups is 2. The SMILES string of the molecule is Cc1noc(C)c1C(=O)O[C@@H](C)C(=O)Nc1ccc(OCc2ccccc2)cc1. The Hall–Kier alpha value is -3.61. The van der Waals surface area contributed by atoms with Gasteiger partial charge in [0.25, 0.3) is 5.91 Å². The Balaban J connectivity index is 1.52. The van der Waals surface area contributed by atoms with Crippen LogP contribution < -0.4 is 10.1 Å². The number of aryl methyl sites for hydroxylation is 2. The van der Waals surface area contributed by atoms with Crippen molar-refractivity contribution in [2.45, 2.75) is 33.5 Å². The third kappa shape index (κ3) is 5.22. The number of amides is 1. The molecule has 7 heteroatoms. The fourth-order valence-electron chi connectivity index (χ4n) is 2.67. The van der Waals surface area contributed by atoms with E-state index in [4.69, 9.17) is 14.0 Å². The van der Waals surface area contributed by atoms with E-state index in [0.29, 0.717) is 29.5 Å². The Morgan fingerprint density at radius 1 is 1.07 bits per heavy atom. The molecule has 2 aromatic carbocycles. The Morgan fingerprint density at radius 2 is 1.76 bits per heavy atom. The molecule has 0 unspecified atom stereocenters. The first-order valence-electron chi connectivity index (χ1n) is 9.15. The second kappa shape index (κ2) is 9.05. The molecule has 150 valence electrons. The lowest BCUT2D eigenvalue weighted by molar-refractivity contribution is -0.123. The summed E-state index contributed by atoms with van der Waals surface area (Å²) in [5.41, 5.74) is 2.30. The minimum Gasteiger partial charge on any atom is -0.489 e. The number of ether oxygens (including phenoxy) is 2. The van der Waals surface area contributed by atoms with Crippen LogP contribution in [0.15, 0.2) is 59.1 Å². The molecule has 0 saturated carbocycles. The average Bonchev–Trinajstić information content (AvgIpc) is 3.06. The van der Waals surface area contributed by atoms with E-state index < -0.39 is 18.0 Å². The van der Waals surface area contributed by atoms with E-state index in [2.05, 4.69) is 10.5 Å². The van der Waals surface area contributed by atoms with Crippen molar-refractivity contribution in [2.75, 3.05) is 5.32 Å². The Morgan fingerprint density at radius 3 is 2.38 bits per heavy atom. The second-order valence-electron chi connectivity index (χ2n) is 6.53. The predicted molar refractivity (Wildman–Crippen MR) is 107 cm³/mol. The normalized spacial score (nSPS) is 11.6. The van der Waals surface area contributed by atoms with Gasteiger partial charge in [-0.15, -0.1) is 0 Å². The summed E-state index contributed by atoms with van der Waals surface area (Å²) < 4.78 is 15.9. The summed E-state index contributed by atoms with van der Waals surface area (Å²) in [5.74, 6) is -0.0486. The first-order chi connectivity index (χ1) is 13.9. The zero-order chi connectivity index (χ0) is 20.8. The van der Waals surface area contributed by atoms with Crippen molar-refractivity contribution in [2.24, 2.45) is 0 Å². The molecule has 3 aromatic rings. The molecule has 0 fully saturated rings. The van der Waals surface area contributed by atoms with Gasteiger partial charge in [0.2, 0.25) is 0 Å². The van der Waals surface area contributed by atoms with Gasteiger partial charge in [0.1, 0.15) is 23.7 Å². The summed E-state index contributed by atoms with van der Waals surface area (Å²) in [4.78, 5) is 24.6. The van der Waals surface area contributed by atoms with Gasteiger partial charge in [-0.25, -0.2) is 4.79 Å². The number of carbonyl (C=O) groups excluding carboxylic acids is 2. The first-order valence-corrected chi connectivity index (χ1v) is 9.15. The Kier molecular flexibility index (Phi) is 6.29. The maximum absolute atomic E-state index is 12.3. The van der Waals surface area contributed by atoms with E-state index in [1.807, 2.05) is 30.3 Å². The van der Waals surface area contributed by atoms with Gasteiger partial charge in [-0.05, 0) is 50.6 Å². The lowest BCUT2D eigenvalue weighted by atomic mass is 10.2. The lowest BCUT2D eigenvalue weighted by Gasteiger charge is -2.14. The molecule has 7 nitrogen and oxygen atoms in total. The minimum atomic E-state index is -0.981. The maximum atomic E-state index is 12.3. The standard InChI is InChI=1S/C22H22N2O5/c1-14-20(15(2)29-24-14)22(26)28-16(3)21(25)23-18-9-11-19(12-10-18)27-13-17-7-5-4-6-8-17/h4-12,16H,13H2,1-3H3,(H,23,25)/t16-/m0/s1. The van der Waals surface area contributed by atoms with E-state index in [1.54, 1.807) is 38.1 Å². The van der Waals surface area contributed by atoms with Crippen LogP contribution in [0.5, 0.6) is 5.75 Å². The summed E-state index contributed by atoms with van der Waals surface area (Å²) >= 11 is 0. The van der Waals surface area contributed by atoms with Gasteiger partial charge in [-0.2, -0.15) is 0 Å². The molecule has 1 amide bonds. The van der Waals surface area contributed by atoms with Crippen molar-refractivity contribution >= 4 is 17.6 Å². The summed E-state index contributed by atoms with van der Waals surface area (Å²) in [7, 11) is 0. The van der Waals surface area contributed by atoms with Gasteiger partial charge in [0.15, 0.2) is 6.10 Å². The third-order valence-corrected chi connectivity index (χ3v) is 4.26. The number of aromatic nitrogens is 1. The quantitative estimate of drug-likeness (QED) is 0.608. The van der Waals surface area contributed by atoms with Crippen molar-refractivity contribution < 1.29 is 23.6 Å². The molecular weight excluding hydrogens is 372 g/mol. The molecule has 0 spiro atoms. The highest BCUT2D eigenvalue weighted by molar-refractivity contribution is 5.98.